The van der Waals surface area contributed by atoms with Crippen molar-refractivity contribution in [1.29, 1.82) is 0 Å². The lowest BCUT2D eigenvalue weighted by Crippen LogP contribution is -2.20. The Kier molecular flexibility index (Phi) is 4.90. The smallest absolute Gasteiger partial charge is 0.224 e. The van der Waals surface area contributed by atoms with E-state index in [-0.39, 0.29) is 18.1 Å². The molecule has 0 bridgehead atoms. The Morgan fingerprint density at radius 3 is 2.89 bits per heavy atom. The van der Waals surface area contributed by atoms with Crippen LogP contribution < -0.4 is 11.1 Å². The number of nitrogens with one attached hydrogen (secondary N) is 1. The molecule has 0 spiro atoms. The molecule has 1 aliphatic heterocycles. The van der Waals surface area contributed by atoms with Crippen LogP contribution in [0.3, 0.4) is 0 Å². The van der Waals surface area contributed by atoms with Gasteiger partial charge in [0, 0.05) is 17.7 Å². The third-order valence-corrected chi connectivity index (χ3v) is 3.00. The van der Waals surface area contributed by atoms with Gasteiger partial charge in [-0.3, -0.25) is 4.79 Å². The summed E-state index contributed by atoms with van der Waals surface area (Å²) < 4.78 is 10.9. The summed E-state index contributed by atoms with van der Waals surface area (Å²) in [5.41, 5.74) is 7.18. The van der Waals surface area contributed by atoms with Gasteiger partial charge in [-0.2, -0.15) is 0 Å². The molecule has 1 fully saturated rings. The average molecular weight is 264 g/mol. The van der Waals surface area contributed by atoms with E-state index < -0.39 is 0 Å². The van der Waals surface area contributed by atoms with Gasteiger partial charge in [-0.05, 0) is 24.6 Å². The highest BCUT2D eigenvalue weighted by Crippen LogP contribution is 2.25. The molecule has 19 heavy (non-hydrogen) atoms. The monoisotopic (exact) mass is 264 g/mol. The first-order valence-electron chi connectivity index (χ1n) is 6.52. The molecule has 104 valence electrons. The summed E-state index contributed by atoms with van der Waals surface area (Å²) in [4.78, 5) is 11.8. The number of rotatable bonds is 5. The highest BCUT2D eigenvalue weighted by atomic mass is 16.7. The normalized spacial score (nSPS) is 17.4. The molecule has 1 amide bonds. The number of hydrogen-bond acceptors (Lipinski definition) is 4. The zero-order valence-corrected chi connectivity index (χ0v) is 11.1. The van der Waals surface area contributed by atoms with E-state index in [9.17, 15) is 4.79 Å². The minimum absolute atomic E-state index is 0.0247. The summed E-state index contributed by atoms with van der Waals surface area (Å²) in [6.07, 6.45) is 0.108. The Hall–Kier alpha value is -1.43. The Morgan fingerprint density at radius 2 is 2.21 bits per heavy atom. The maximum Gasteiger partial charge on any atom is 0.224 e. The third-order valence-electron chi connectivity index (χ3n) is 3.00. The van der Waals surface area contributed by atoms with Crippen LogP contribution in [0.25, 0.3) is 0 Å². The number of carbonyl (C=O) groups excluding carboxylic acids is 1. The first-order chi connectivity index (χ1) is 9.19. The van der Waals surface area contributed by atoms with Gasteiger partial charge in [-0.25, -0.2) is 0 Å². The number of hydrogen-bond donors (Lipinski definition) is 2. The molecule has 1 aliphatic rings. The zero-order valence-electron chi connectivity index (χ0n) is 11.1. The van der Waals surface area contributed by atoms with Gasteiger partial charge < -0.3 is 20.5 Å². The summed E-state index contributed by atoms with van der Waals surface area (Å²) in [7, 11) is 0. The van der Waals surface area contributed by atoms with Crippen molar-refractivity contribution in [3.8, 4) is 0 Å². The maximum atomic E-state index is 11.8. The van der Waals surface area contributed by atoms with Crippen molar-refractivity contribution >= 4 is 11.6 Å². The fourth-order valence-corrected chi connectivity index (χ4v) is 1.93. The van der Waals surface area contributed by atoms with E-state index in [4.69, 9.17) is 15.2 Å². The first kappa shape index (κ1) is 14.0. The Morgan fingerprint density at radius 1 is 1.47 bits per heavy atom. The van der Waals surface area contributed by atoms with E-state index in [1.807, 2.05) is 31.2 Å². The van der Waals surface area contributed by atoms with E-state index in [0.29, 0.717) is 26.2 Å². The number of amides is 1. The predicted molar refractivity (Wildman–Crippen MR) is 72.6 cm³/mol. The molecule has 1 heterocycles. The maximum absolute atomic E-state index is 11.8. The lowest BCUT2D eigenvalue weighted by Gasteiger charge is -2.12. The van der Waals surface area contributed by atoms with Crippen LogP contribution >= 0.6 is 0 Å². The summed E-state index contributed by atoms with van der Waals surface area (Å²) in [6.45, 7) is 3.68. The molecule has 1 unspecified atom stereocenters. The van der Waals surface area contributed by atoms with Gasteiger partial charge in [-0.15, -0.1) is 0 Å². The van der Waals surface area contributed by atoms with Crippen LogP contribution in [0.5, 0.6) is 0 Å². The van der Waals surface area contributed by atoms with Crippen LogP contribution in [0.1, 0.15) is 25.2 Å². The van der Waals surface area contributed by atoms with Crippen molar-refractivity contribution < 1.29 is 14.3 Å². The molecule has 2 rings (SSSR count). The van der Waals surface area contributed by atoms with Crippen LogP contribution in [0.2, 0.25) is 0 Å². The van der Waals surface area contributed by atoms with Gasteiger partial charge in [0.25, 0.3) is 0 Å². The molecule has 3 N–H and O–H groups in total. The molecule has 0 radical (unpaired) electrons. The van der Waals surface area contributed by atoms with Crippen LogP contribution in [0.4, 0.5) is 5.69 Å². The lowest BCUT2D eigenvalue weighted by molar-refractivity contribution is -0.116. The summed E-state index contributed by atoms with van der Waals surface area (Å²) in [5, 5.41) is 2.87. The van der Waals surface area contributed by atoms with Crippen LogP contribution in [0, 0.1) is 5.92 Å². The zero-order chi connectivity index (χ0) is 13.7. The molecule has 1 aromatic carbocycles. The Labute approximate surface area is 113 Å². The van der Waals surface area contributed by atoms with Crippen molar-refractivity contribution in [2.75, 3.05) is 25.1 Å². The molecule has 0 aliphatic carbocycles. The number of benzene rings is 1. The van der Waals surface area contributed by atoms with Crippen molar-refractivity contribution in [2.45, 2.75) is 19.6 Å². The van der Waals surface area contributed by atoms with Gasteiger partial charge in [0.05, 0.1) is 13.2 Å². The van der Waals surface area contributed by atoms with Gasteiger partial charge >= 0.3 is 0 Å². The third kappa shape index (κ3) is 4.02. The number of carbonyl (C=O) groups is 1. The van der Waals surface area contributed by atoms with Crippen LogP contribution in [-0.4, -0.2) is 25.7 Å². The molecule has 0 aromatic heterocycles. The molecule has 5 nitrogen and oxygen atoms in total. The average Bonchev–Trinajstić information content (AvgIpc) is 2.92. The number of nitrogens with two attached hydrogens (primary N) is 1. The first-order valence-corrected chi connectivity index (χ1v) is 6.52. The highest BCUT2D eigenvalue weighted by Gasteiger charge is 2.18. The van der Waals surface area contributed by atoms with E-state index >= 15 is 0 Å². The predicted octanol–water partition coefficient (Wildman–Crippen LogP) is 1.66. The van der Waals surface area contributed by atoms with Gasteiger partial charge in [-0.1, -0.05) is 19.1 Å². The second-order valence-electron chi connectivity index (χ2n) is 4.79. The largest absolute Gasteiger partial charge is 0.346 e. The van der Waals surface area contributed by atoms with Crippen LogP contribution in [0.15, 0.2) is 24.3 Å². The summed E-state index contributed by atoms with van der Waals surface area (Å²) >= 11 is 0. The summed E-state index contributed by atoms with van der Waals surface area (Å²) in [6, 6.07) is 7.53. The van der Waals surface area contributed by atoms with Gasteiger partial charge in [0.1, 0.15) is 0 Å². The Bertz CT molecular complexity index is 430. The van der Waals surface area contributed by atoms with Gasteiger partial charge in [0.15, 0.2) is 6.29 Å². The standard InChI is InChI=1S/C14H20N2O3/c1-10(9-15)7-13(17)16-12-4-2-3-11(8-12)14-18-5-6-19-14/h2-4,8,10,14H,5-7,9,15H2,1H3,(H,16,17). The van der Waals surface area contributed by atoms with E-state index in [1.165, 1.54) is 0 Å². The Balaban J connectivity index is 1.96. The topological polar surface area (TPSA) is 73.6 Å². The quantitative estimate of drug-likeness (QED) is 0.848. The van der Waals surface area contributed by atoms with E-state index in [0.717, 1.165) is 11.3 Å². The number of anilines is 1. The molecule has 0 saturated carbocycles. The van der Waals surface area contributed by atoms with Crippen molar-refractivity contribution in [1.82, 2.24) is 0 Å². The van der Waals surface area contributed by atoms with Crippen molar-refractivity contribution in [3.63, 3.8) is 0 Å². The molecule has 5 heteroatoms. The van der Waals surface area contributed by atoms with E-state index in [1.54, 1.807) is 0 Å². The van der Waals surface area contributed by atoms with Crippen LogP contribution in [-0.2, 0) is 14.3 Å². The fourth-order valence-electron chi connectivity index (χ4n) is 1.93. The minimum atomic E-state index is -0.320. The molecular weight excluding hydrogens is 244 g/mol. The highest BCUT2D eigenvalue weighted by molar-refractivity contribution is 5.90. The fraction of sp³-hybridized carbons (Fsp3) is 0.500. The van der Waals surface area contributed by atoms with Crippen molar-refractivity contribution in [3.05, 3.63) is 29.8 Å². The van der Waals surface area contributed by atoms with E-state index in [2.05, 4.69) is 5.32 Å². The summed E-state index contributed by atoms with van der Waals surface area (Å²) in [5.74, 6) is 0.160. The molecule has 1 aromatic rings. The number of ether oxygens (including phenoxy) is 2. The second-order valence-corrected chi connectivity index (χ2v) is 4.79. The SMILES string of the molecule is CC(CN)CC(=O)Nc1cccc(C2OCCO2)c1. The minimum Gasteiger partial charge on any atom is -0.346 e. The van der Waals surface area contributed by atoms with Gasteiger partial charge in [0.2, 0.25) is 5.91 Å². The lowest BCUT2D eigenvalue weighted by atomic mass is 10.1. The molecular formula is C14H20N2O3. The molecule has 1 saturated heterocycles. The second kappa shape index (κ2) is 6.65. The van der Waals surface area contributed by atoms with Crippen molar-refractivity contribution in [2.24, 2.45) is 11.7 Å². The molecule has 1 atom stereocenters.